The summed E-state index contributed by atoms with van der Waals surface area (Å²) in [6.07, 6.45) is 1.70. The Morgan fingerprint density at radius 1 is 1.32 bits per heavy atom. The van der Waals surface area contributed by atoms with Gasteiger partial charge in [0.1, 0.15) is 5.52 Å². The molecule has 0 aromatic carbocycles. The quantitative estimate of drug-likeness (QED) is 0.749. The van der Waals surface area contributed by atoms with E-state index < -0.39 is 0 Å². The standard InChI is InChI=1S/C13H11BrN4O/c1-7-11-12(19)17-10(9-5-3-4-6-15-9)8(2)18(11)13(14)16-7/h3-6H,1-2H3,(H,17,19). The van der Waals surface area contributed by atoms with Gasteiger partial charge in [0.2, 0.25) is 0 Å². The average molecular weight is 319 g/mol. The van der Waals surface area contributed by atoms with Gasteiger partial charge in [0, 0.05) is 11.9 Å². The first kappa shape index (κ1) is 12.1. The molecule has 3 aromatic rings. The molecule has 0 aliphatic heterocycles. The molecular formula is C13H11BrN4O. The lowest BCUT2D eigenvalue weighted by Gasteiger charge is -2.08. The summed E-state index contributed by atoms with van der Waals surface area (Å²) in [7, 11) is 0. The van der Waals surface area contributed by atoms with Crippen LogP contribution in [-0.2, 0) is 0 Å². The zero-order valence-corrected chi connectivity index (χ0v) is 12.0. The molecule has 0 aliphatic rings. The maximum atomic E-state index is 12.2. The SMILES string of the molecule is Cc1nc(Br)n2c(C)c(-c3ccccn3)[nH]c(=O)c12. The van der Waals surface area contributed by atoms with Crippen molar-refractivity contribution in [1.29, 1.82) is 0 Å². The molecule has 0 saturated heterocycles. The summed E-state index contributed by atoms with van der Waals surface area (Å²) < 4.78 is 2.43. The van der Waals surface area contributed by atoms with Crippen molar-refractivity contribution in [2.75, 3.05) is 0 Å². The Balaban J connectivity index is 2.44. The minimum absolute atomic E-state index is 0.165. The van der Waals surface area contributed by atoms with Crippen molar-refractivity contribution in [2.45, 2.75) is 13.8 Å². The molecule has 0 spiro atoms. The molecule has 1 N–H and O–H groups in total. The Bertz CT molecular complexity index is 820. The number of fused-ring (bicyclic) bond motifs is 1. The van der Waals surface area contributed by atoms with Gasteiger partial charge in [-0.1, -0.05) is 6.07 Å². The predicted octanol–water partition coefficient (Wildman–Crippen LogP) is 2.46. The van der Waals surface area contributed by atoms with Crippen molar-refractivity contribution >= 4 is 21.4 Å². The topological polar surface area (TPSA) is 63.1 Å². The molecule has 0 saturated carbocycles. The van der Waals surface area contributed by atoms with E-state index in [1.165, 1.54) is 0 Å². The van der Waals surface area contributed by atoms with Crippen LogP contribution in [0.1, 0.15) is 11.4 Å². The fourth-order valence-corrected chi connectivity index (χ4v) is 2.91. The van der Waals surface area contributed by atoms with Gasteiger partial charge in [-0.2, -0.15) is 0 Å². The Morgan fingerprint density at radius 2 is 2.11 bits per heavy atom. The first-order chi connectivity index (χ1) is 9.09. The molecular weight excluding hydrogens is 308 g/mol. The number of hydrogen-bond donors (Lipinski definition) is 1. The van der Waals surface area contributed by atoms with Crippen LogP contribution in [0.3, 0.4) is 0 Å². The van der Waals surface area contributed by atoms with Crippen LogP contribution in [0.2, 0.25) is 0 Å². The van der Waals surface area contributed by atoms with Gasteiger partial charge >= 0.3 is 0 Å². The van der Waals surface area contributed by atoms with Crippen LogP contribution in [0.15, 0.2) is 33.9 Å². The summed E-state index contributed by atoms with van der Waals surface area (Å²) in [6, 6.07) is 5.59. The lowest BCUT2D eigenvalue weighted by atomic mass is 10.2. The number of aromatic nitrogens is 4. The van der Waals surface area contributed by atoms with Gasteiger partial charge in [0.25, 0.3) is 5.56 Å². The number of halogens is 1. The first-order valence-electron chi connectivity index (χ1n) is 5.78. The highest BCUT2D eigenvalue weighted by Gasteiger charge is 2.15. The van der Waals surface area contributed by atoms with E-state index in [1.54, 1.807) is 10.6 Å². The molecule has 3 aromatic heterocycles. The van der Waals surface area contributed by atoms with Crippen LogP contribution < -0.4 is 5.56 Å². The minimum atomic E-state index is -0.165. The summed E-state index contributed by atoms with van der Waals surface area (Å²) in [6.45, 7) is 3.74. The van der Waals surface area contributed by atoms with Crippen LogP contribution in [0.25, 0.3) is 16.9 Å². The lowest BCUT2D eigenvalue weighted by molar-refractivity contribution is 0.991. The smallest absolute Gasteiger partial charge is 0.274 e. The van der Waals surface area contributed by atoms with Crippen LogP contribution in [0, 0.1) is 13.8 Å². The van der Waals surface area contributed by atoms with Crippen molar-refractivity contribution in [3.63, 3.8) is 0 Å². The highest BCUT2D eigenvalue weighted by molar-refractivity contribution is 9.10. The van der Waals surface area contributed by atoms with E-state index in [9.17, 15) is 4.79 Å². The van der Waals surface area contributed by atoms with Crippen molar-refractivity contribution in [3.05, 3.63) is 50.9 Å². The summed E-state index contributed by atoms with van der Waals surface area (Å²) >= 11 is 3.39. The maximum absolute atomic E-state index is 12.2. The molecule has 0 radical (unpaired) electrons. The van der Waals surface area contributed by atoms with Gasteiger partial charge in [0.05, 0.1) is 17.1 Å². The number of imidazole rings is 1. The van der Waals surface area contributed by atoms with Gasteiger partial charge < -0.3 is 4.98 Å². The predicted molar refractivity (Wildman–Crippen MR) is 76.2 cm³/mol. The third kappa shape index (κ3) is 1.79. The second-order valence-corrected chi connectivity index (χ2v) is 4.99. The normalized spacial score (nSPS) is 11.1. The highest BCUT2D eigenvalue weighted by Crippen LogP contribution is 2.22. The molecule has 0 unspecified atom stereocenters. The highest BCUT2D eigenvalue weighted by atomic mass is 79.9. The van der Waals surface area contributed by atoms with Crippen molar-refractivity contribution in [2.24, 2.45) is 0 Å². The van der Waals surface area contributed by atoms with E-state index in [1.807, 2.05) is 32.0 Å². The Hall–Kier alpha value is -1.95. The molecule has 0 fully saturated rings. The van der Waals surface area contributed by atoms with E-state index in [0.717, 1.165) is 11.4 Å². The monoisotopic (exact) mass is 318 g/mol. The molecule has 5 nitrogen and oxygen atoms in total. The number of rotatable bonds is 1. The van der Waals surface area contributed by atoms with E-state index in [4.69, 9.17) is 0 Å². The Kier molecular flexibility index (Phi) is 2.74. The molecule has 0 atom stereocenters. The van der Waals surface area contributed by atoms with Crippen molar-refractivity contribution in [3.8, 4) is 11.4 Å². The van der Waals surface area contributed by atoms with Crippen LogP contribution in [-0.4, -0.2) is 19.4 Å². The Morgan fingerprint density at radius 3 is 2.79 bits per heavy atom. The largest absolute Gasteiger partial charge is 0.317 e. The maximum Gasteiger partial charge on any atom is 0.274 e. The molecule has 6 heteroatoms. The number of H-pyrrole nitrogens is 1. The number of hydrogen-bond acceptors (Lipinski definition) is 3. The Labute approximate surface area is 117 Å². The van der Waals surface area contributed by atoms with Crippen LogP contribution >= 0.6 is 15.9 Å². The lowest BCUT2D eigenvalue weighted by Crippen LogP contribution is -2.14. The summed E-state index contributed by atoms with van der Waals surface area (Å²) in [4.78, 5) is 23.6. The number of aromatic amines is 1. The minimum Gasteiger partial charge on any atom is -0.317 e. The fourth-order valence-electron chi connectivity index (χ4n) is 2.20. The molecule has 0 amide bonds. The summed E-state index contributed by atoms with van der Waals surface area (Å²) in [5.74, 6) is 0. The third-order valence-corrected chi connectivity index (χ3v) is 3.61. The zero-order valence-electron chi connectivity index (χ0n) is 10.4. The van der Waals surface area contributed by atoms with Crippen LogP contribution in [0.4, 0.5) is 0 Å². The summed E-state index contributed by atoms with van der Waals surface area (Å²) in [5, 5.41) is 0. The van der Waals surface area contributed by atoms with E-state index in [-0.39, 0.29) is 5.56 Å². The van der Waals surface area contributed by atoms with Gasteiger partial charge in [-0.05, 0) is 41.9 Å². The molecule has 0 bridgehead atoms. The van der Waals surface area contributed by atoms with Gasteiger partial charge in [-0.25, -0.2) is 4.98 Å². The third-order valence-electron chi connectivity index (χ3n) is 3.08. The van der Waals surface area contributed by atoms with Crippen molar-refractivity contribution < 1.29 is 0 Å². The van der Waals surface area contributed by atoms with Gasteiger partial charge in [-0.15, -0.1) is 0 Å². The number of aryl methyl sites for hydroxylation is 2. The molecule has 19 heavy (non-hydrogen) atoms. The first-order valence-corrected chi connectivity index (χ1v) is 6.57. The average Bonchev–Trinajstić information content (AvgIpc) is 2.71. The molecule has 0 aliphatic carbocycles. The molecule has 3 heterocycles. The molecule has 3 rings (SSSR count). The number of pyridine rings is 1. The fraction of sp³-hybridized carbons (Fsp3) is 0.154. The second-order valence-electron chi connectivity index (χ2n) is 4.28. The van der Waals surface area contributed by atoms with Gasteiger partial charge in [-0.3, -0.25) is 14.2 Å². The number of nitrogens with one attached hydrogen (secondary N) is 1. The number of nitrogens with zero attached hydrogens (tertiary/aromatic N) is 3. The van der Waals surface area contributed by atoms with Gasteiger partial charge in [0.15, 0.2) is 4.73 Å². The van der Waals surface area contributed by atoms with E-state index >= 15 is 0 Å². The zero-order chi connectivity index (χ0) is 13.6. The van der Waals surface area contributed by atoms with E-state index in [0.29, 0.717) is 21.6 Å². The molecule has 96 valence electrons. The van der Waals surface area contributed by atoms with Crippen LogP contribution in [0.5, 0.6) is 0 Å². The summed E-state index contributed by atoms with van der Waals surface area (Å²) in [5.41, 5.74) is 3.42. The second kappa shape index (κ2) is 4.31. The van der Waals surface area contributed by atoms with Crippen molar-refractivity contribution in [1.82, 2.24) is 19.4 Å². The van der Waals surface area contributed by atoms with E-state index in [2.05, 4.69) is 30.9 Å².